The van der Waals surface area contributed by atoms with Crippen molar-refractivity contribution < 1.29 is 19.5 Å². The number of likely N-dealkylation sites (N-methyl/N-ethyl adjacent to an activating group) is 1. The van der Waals surface area contributed by atoms with E-state index in [1.54, 1.807) is 6.07 Å². The molecular weight excluding hydrogens is 320 g/mol. The van der Waals surface area contributed by atoms with Crippen LogP contribution in [-0.2, 0) is 9.59 Å². The lowest BCUT2D eigenvalue weighted by Gasteiger charge is -2.28. The third kappa shape index (κ3) is 3.10. The zero-order chi connectivity index (χ0) is 18.0. The van der Waals surface area contributed by atoms with Crippen LogP contribution in [0.1, 0.15) is 23.7 Å². The first-order chi connectivity index (χ1) is 12.0. The minimum absolute atomic E-state index is 0.0388. The van der Waals surface area contributed by atoms with E-state index < -0.39 is 12.0 Å². The van der Waals surface area contributed by atoms with Crippen molar-refractivity contribution in [2.45, 2.75) is 19.4 Å². The molecular formula is C19H18N2O4. The molecule has 1 unspecified atom stereocenters. The van der Waals surface area contributed by atoms with Gasteiger partial charge < -0.3 is 10.0 Å². The number of para-hydroxylation sites is 1. The van der Waals surface area contributed by atoms with Crippen LogP contribution in [0, 0.1) is 0 Å². The number of carbonyl (C=O) groups excluding carboxylic acids is 2. The molecule has 1 aliphatic rings. The summed E-state index contributed by atoms with van der Waals surface area (Å²) >= 11 is 0. The number of imide groups is 1. The number of carboxylic acid groups (broad SMARTS) is 1. The van der Waals surface area contributed by atoms with Crippen molar-refractivity contribution in [2.24, 2.45) is 0 Å². The second-order valence-electron chi connectivity index (χ2n) is 5.76. The smallest absolute Gasteiger partial charge is 0.335 e. The van der Waals surface area contributed by atoms with E-state index in [0.29, 0.717) is 12.2 Å². The van der Waals surface area contributed by atoms with E-state index in [0.717, 1.165) is 10.6 Å². The van der Waals surface area contributed by atoms with E-state index in [9.17, 15) is 14.4 Å². The van der Waals surface area contributed by atoms with Crippen LogP contribution in [0.5, 0.6) is 0 Å². The summed E-state index contributed by atoms with van der Waals surface area (Å²) in [5.41, 5.74) is 1.20. The molecule has 1 N–H and O–H groups in total. The van der Waals surface area contributed by atoms with Gasteiger partial charge in [0.1, 0.15) is 6.04 Å². The Morgan fingerprint density at radius 3 is 2.52 bits per heavy atom. The van der Waals surface area contributed by atoms with Crippen LogP contribution >= 0.6 is 0 Å². The second-order valence-corrected chi connectivity index (χ2v) is 5.76. The average Bonchev–Trinajstić information content (AvgIpc) is 2.91. The topological polar surface area (TPSA) is 77.9 Å². The minimum atomic E-state index is -1.10. The standard InChI is InChI=1S/C19H18N2O4/c1-2-20(14-8-4-3-5-9-14)16-12-17(22)21(18(16)23)15-10-6-7-13(11-15)19(24)25/h3-11,16H,2,12H2,1H3,(H,24,25). The SMILES string of the molecule is CCN(c1ccccc1)C1CC(=O)N(c2cccc(C(=O)O)c2)C1=O. The summed E-state index contributed by atoms with van der Waals surface area (Å²) < 4.78 is 0. The second kappa shape index (κ2) is 6.76. The van der Waals surface area contributed by atoms with Crippen LogP contribution in [0.3, 0.4) is 0 Å². The fourth-order valence-electron chi connectivity index (χ4n) is 3.11. The van der Waals surface area contributed by atoms with Gasteiger partial charge in [0.05, 0.1) is 17.7 Å². The first-order valence-corrected chi connectivity index (χ1v) is 8.04. The third-order valence-electron chi connectivity index (χ3n) is 4.28. The van der Waals surface area contributed by atoms with Gasteiger partial charge in [-0.25, -0.2) is 9.69 Å². The molecule has 2 aromatic rings. The summed E-state index contributed by atoms with van der Waals surface area (Å²) in [6.07, 6.45) is 0.0683. The fraction of sp³-hybridized carbons (Fsp3) is 0.211. The lowest BCUT2D eigenvalue weighted by molar-refractivity contribution is -0.121. The van der Waals surface area contributed by atoms with Crippen molar-refractivity contribution in [1.82, 2.24) is 0 Å². The van der Waals surface area contributed by atoms with Crippen molar-refractivity contribution in [2.75, 3.05) is 16.3 Å². The van der Waals surface area contributed by atoms with Gasteiger partial charge in [-0.3, -0.25) is 9.59 Å². The van der Waals surface area contributed by atoms with Crippen LogP contribution in [0.15, 0.2) is 54.6 Å². The molecule has 6 heteroatoms. The Morgan fingerprint density at radius 2 is 1.88 bits per heavy atom. The normalized spacial score (nSPS) is 17.0. The Balaban J connectivity index is 1.92. The van der Waals surface area contributed by atoms with E-state index in [1.165, 1.54) is 18.2 Å². The molecule has 2 amide bonds. The predicted octanol–water partition coefficient (Wildman–Crippen LogP) is 2.54. The number of benzene rings is 2. The van der Waals surface area contributed by atoms with E-state index >= 15 is 0 Å². The first-order valence-electron chi connectivity index (χ1n) is 8.04. The summed E-state index contributed by atoms with van der Waals surface area (Å²) in [6.45, 7) is 2.51. The number of carboxylic acids is 1. The number of nitrogens with zero attached hydrogens (tertiary/aromatic N) is 2. The Kier molecular flexibility index (Phi) is 4.52. The van der Waals surface area contributed by atoms with Crippen molar-refractivity contribution in [3.05, 3.63) is 60.2 Å². The van der Waals surface area contributed by atoms with Crippen LogP contribution in [0.2, 0.25) is 0 Å². The molecule has 3 rings (SSSR count). The highest BCUT2D eigenvalue weighted by Gasteiger charge is 2.42. The van der Waals surface area contributed by atoms with Gasteiger partial charge >= 0.3 is 5.97 Å². The molecule has 0 aromatic heterocycles. The number of hydrogen-bond donors (Lipinski definition) is 1. The highest BCUT2D eigenvalue weighted by Crippen LogP contribution is 2.29. The van der Waals surface area contributed by atoms with Gasteiger partial charge in [-0.15, -0.1) is 0 Å². The summed E-state index contributed by atoms with van der Waals surface area (Å²) in [4.78, 5) is 39.5. The van der Waals surface area contributed by atoms with Gasteiger partial charge in [-0.05, 0) is 37.3 Å². The Hall–Kier alpha value is -3.15. The Morgan fingerprint density at radius 1 is 1.16 bits per heavy atom. The van der Waals surface area contributed by atoms with E-state index in [4.69, 9.17) is 5.11 Å². The number of aromatic carboxylic acids is 1. The van der Waals surface area contributed by atoms with Crippen LogP contribution in [-0.4, -0.2) is 35.5 Å². The van der Waals surface area contributed by atoms with Gasteiger partial charge in [0.15, 0.2) is 0 Å². The maximum absolute atomic E-state index is 12.9. The lowest BCUT2D eigenvalue weighted by atomic mass is 10.1. The van der Waals surface area contributed by atoms with Crippen molar-refractivity contribution in [3.63, 3.8) is 0 Å². The van der Waals surface area contributed by atoms with Gasteiger partial charge in [-0.2, -0.15) is 0 Å². The van der Waals surface area contributed by atoms with Crippen LogP contribution < -0.4 is 9.80 Å². The van der Waals surface area contributed by atoms with Crippen molar-refractivity contribution in [1.29, 1.82) is 0 Å². The summed E-state index contributed by atoms with van der Waals surface area (Å²) in [5.74, 6) is -1.76. The predicted molar refractivity (Wildman–Crippen MR) is 93.8 cm³/mol. The van der Waals surface area contributed by atoms with Gasteiger partial charge in [0, 0.05) is 12.2 Å². The van der Waals surface area contributed by atoms with Gasteiger partial charge in [0.25, 0.3) is 5.91 Å². The number of carbonyl (C=O) groups is 3. The maximum atomic E-state index is 12.9. The maximum Gasteiger partial charge on any atom is 0.335 e. The number of hydrogen-bond acceptors (Lipinski definition) is 4. The van der Waals surface area contributed by atoms with Crippen LogP contribution in [0.4, 0.5) is 11.4 Å². The third-order valence-corrected chi connectivity index (χ3v) is 4.28. The molecule has 25 heavy (non-hydrogen) atoms. The average molecular weight is 338 g/mol. The van der Waals surface area contributed by atoms with Crippen molar-refractivity contribution in [3.8, 4) is 0 Å². The molecule has 1 fully saturated rings. The molecule has 1 aliphatic heterocycles. The highest BCUT2D eigenvalue weighted by atomic mass is 16.4. The zero-order valence-corrected chi connectivity index (χ0v) is 13.8. The summed E-state index contributed by atoms with van der Waals surface area (Å²) in [6, 6.07) is 14.7. The van der Waals surface area contributed by atoms with Crippen molar-refractivity contribution >= 4 is 29.2 Å². The quantitative estimate of drug-likeness (QED) is 0.848. The fourth-order valence-corrected chi connectivity index (χ4v) is 3.11. The summed E-state index contributed by atoms with van der Waals surface area (Å²) in [5, 5.41) is 9.11. The molecule has 2 aromatic carbocycles. The largest absolute Gasteiger partial charge is 0.478 e. The van der Waals surface area contributed by atoms with Crippen LogP contribution in [0.25, 0.3) is 0 Å². The molecule has 0 spiro atoms. The zero-order valence-electron chi connectivity index (χ0n) is 13.8. The Labute approximate surface area is 145 Å². The molecule has 1 heterocycles. The van der Waals surface area contributed by atoms with E-state index in [2.05, 4.69) is 0 Å². The molecule has 1 atom stereocenters. The van der Waals surface area contributed by atoms with E-state index in [-0.39, 0.29) is 23.8 Å². The molecule has 0 saturated carbocycles. The molecule has 1 saturated heterocycles. The van der Waals surface area contributed by atoms with Gasteiger partial charge in [-0.1, -0.05) is 24.3 Å². The molecule has 0 radical (unpaired) electrons. The molecule has 0 aliphatic carbocycles. The monoisotopic (exact) mass is 338 g/mol. The highest BCUT2D eigenvalue weighted by molar-refractivity contribution is 6.23. The first kappa shape index (κ1) is 16.7. The number of amides is 2. The number of rotatable bonds is 5. The molecule has 6 nitrogen and oxygen atoms in total. The van der Waals surface area contributed by atoms with Gasteiger partial charge in [0.2, 0.25) is 5.91 Å². The molecule has 0 bridgehead atoms. The minimum Gasteiger partial charge on any atom is -0.478 e. The summed E-state index contributed by atoms with van der Waals surface area (Å²) in [7, 11) is 0. The Bertz CT molecular complexity index is 819. The van der Waals surface area contributed by atoms with E-state index in [1.807, 2.05) is 42.2 Å². The molecule has 128 valence electrons. The number of anilines is 2. The lowest BCUT2D eigenvalue weighted by Crippen LogP contribution is -2.42.